The van der Waals surface area contributed by atoms with Crippen molar-refractivity contribution in [1.82, 2.24) is 9.88 Å². The Morgan fingerprint density at radius 3 is 2.85 bits per heavy atom. The molecule has 26 heavy (non-hydrogen) atoms. The average molecular weight is 369 g/mol. The molecule has 1 saturated heterocycles. The van der Waals surface area contributed by atoms with E-state index in [1.54, 1.807) is 0 Å². The van der Waals surface area contributed by atoms with Crippen LogP contribution in [0.5, 0.6) is 5.75 Å². The lowest BCUT2D eigenvalue weighted by atomic mass is 9.99. The Morgan fingerprint density at radius 2 is 2.12 bits per heavy atom. The van der Waals surface area contributed by atoms with Gasteiger partial charge in [0.15, 0.2) is 0 Å². The number of carbonyl (C=O) groups is 1. The van der Waals surface area contributed by atoms with Gasteiger partial charge >= 0.3 is 0 Å². The molecule has 0 radical (unpaired) electrons. The number of ether oxygens (including phenoxy) is 1. The second-order valence-electron chi connectivity index (χ2n) is 6.95. The molecule has 1 aliphatic rings. The van der Waals surface area contributed by atoms with Gasteiger partial charge in [0, 0.05) is 23.9 Å². The van der Waals surface area contributed by atoms with Gasteiger partial charge in [-0.25, -0.2) is 4.98 Å². The summed E-state index contributed by atoms with van der Waals surface area (Å²) in [6.45, 7) is 6.43. The molecule has 1 amide bonds. The summed E-state index contributed by atoms with van der Waals surface area (Å²) in [5.41, 5.74) is 7.78. The minimum Gasteiger partial charge on any atom is -0.494 e. The standard InChI is InChI=1S/C20H23N3O2S/c1-3-25-14-4-5-16-13(10-14)11-15-17(21)18(26-19(15)22-16)20(24)23-8-6-12(2)7-9-23/h4-5,10-12H,3,6-9,21H2,1-2H3. The molecule has 6 heteroatoms. The Balaban J connectivity index is 1.73. The van der Waals surface area contributed by atoms with Gasteiger partial charge in [-0.2, -0.15) is 0 Å². The SMILES string of the molecule is CCOc1ccc2nc3sc(C(=O)N4CCC(C)CC4)c(N)c3cc2c1. The third-order valence-electron chi connectivity index (χ3n) is 5.06. The second kappa shape index (κ2) is 6.76. The maximum atomic E-state index is 12.9. The fourth-order valence-electron chi connectivity index (χ4n) is 3.45. The van der Waals surface area contributed by atoms with Crippen LogP contribution in [0.15, 0.2) is 24.3 Å². The summed E-state index contributed by atoms with van der Waals surface area (Å²) >= 11 is 1.40. The van der Waals surface area contributed by atoms with Crippen molar-refractivity contribution in [3.63, 3.8) is 0 Å². The number of piperidine rings is 1. The number of rotatable bonds is 3. The van der Waals surface area contributed by atoms with Crippen LogP contribution in [-0.2, 0) is 0 Å². The van der Waals surface area contributed by atoms with Crippen molar-refractivity contribution in [1.29, 1.82) is 0 Å². The number of benzene rings is 1. The van der Waals surface area contributed by atoms with Gasteiger partial charge in [0.1, 0.15) is 15.5 Å². The molecule has 5 nitrogen and oxygen atoms in total. The van der Waals surface area contributed by atoms with Crippen molar-refractivity contribution in [2.45, 2.75) is 26.7 Å². The minimum absolute atomic E-state index is 0.0384. The number of fused-ring (bicyclic) bond motifs is 2. The second-order valence-corrected chi connectivity index (χ2v) is 7.95. The largest absolute Gasteiger partial charge is 0.494 e. The van der Waals surface area contributed by atoms with Gasteiger partial charge < -0.3 is 15.4 Å². The molecule has 136 valence electrons. The number of aromatic nitrogens is 1. The molecule has 0 aliphatic carbocycles. The Labute approximate surface area is 156 Å². The number of anilines is 1. The van der Waals surface area contributed by atoms with Crippen LogP contribution in [0.2, 0.25) is 0 Å². The normalized spacial score (nSPS) is 15.7. The van der Waals surface area contributed by atoms with E-state index in [4.69, 9.17) is 15.5 Å². The van der Waals surface area contributed by atoms with Crippen LogP contribution in [0, 0.1) is 5.92 Å². The zero-order valence-corrected chi connectivity index (χ0v) is 15.9. The van der Waals surface area contributed by atoms with Gasteiger partial charge in [-0.1, -0.05) is 6.92 Å². The summed E-state index contributed by atoms with van der Waals surface area (Å²) < 4.78 is 5.57. The molecular formula is C20H23N3O2S. The lowest BCUT2D eigenvalue weighted by molar-refractivity contribution is 0.0703. The quantitative estimate of drug-likeness (QED) is 0.747. The lowest BCUT2D eigenvalue weighted by Crippen LogP contribution is -2.37. The first-order chi connectivity index (χ1) is 12.6. The number of amides is 1. The van der Waals surface area contributed by atoms with E-state index in [0.29, 0.717) is 23.1 Å². The molecule has 4 rings (SSSR count). The first-order valence-corrected chi connectivity index (χ1v) is 9.93. The highest BCUT2D eigenvalue weighted by atomic mass is 32.1. The number of nitrogens with zero attached hydrogens (tertiary/aromatic N) is 2. The van der Waals surface area contributed by atoms with Crippen LogP contribution in [0.4, 0.5) is 5.69 Å². The lowest BCUT2D eigenvalue weighted by Gasteiger charge is -2.30. The Hall–Kier alpha value is -2.34. The van der Waals surface area contributed by atoms with E-state index < -0.39 is 0 Å². The monoisotopic (exact) mass is 369 g/mol. The highest BCUT2D eigenvalue weighted by molar-refractivity contribution is 7.21. The van der Waals surface area contributed by atoms with Gasteiger partial charge in [-0.3, -0.25) is 4.79 Å². The number of pyridine rings is 1. The summed E-state index contributed by atoms with van der Waals surface area (Å²) in [7, 11) is 0. The average Bonchev–Trinajstić information content (AvgIpc) is 2.96. The van der Waals surface area contributed by atoms with Crippen molar-refractivity contribution in [2.75, 3.05) is 25.4 Å². The molecule has 1 aromatic carbocycles. The number of carbonyl (C=O) groups excluding carboxylic acids is 1. The number of thiophene rings is 1. The number of hydrogen-bond acceptors (Lipinski definition) is 5. The summed E-state index contributed by atoms with van der Waals surface area (Å²) in [6, 6.07) is 7.85. The van der Waals surface area contributed by atoms with Crippen molar-refractivity contribution in [2.24, 2.45) is 5.92 Å². The molecule has 0 atom stereocenters. The van der Waals surface area contributed by atoms with E-state index in [1.165, 1.54) is 11.3 Å². The molecule has 1 fully saturated rings. The molecule has 3 heterocycles. The van der Waals surface area contributed by atoms with E-state index in [-0.39, 0.29) is 5.91 Å². The minimum atomic E-state index is 0.0384. The molecule has 0 bridgehead atoms. The summed E-state index contributed by atoms with van der Waals surface area (Å²) in [5.74, 6) is 1.54. The predicted molar refractivity (Wildman–Crippen MR) is 107 cm³/mol. The first kappa shape index (κ1) is 17.1. The summed E-state index contributed by atoms with van der Waals surface area (Å²) in [4.78, 5) is 21.0. The number of hydrogen-bond donors (Lipinski definition) is 1. The van der Waals surface area contributed by atoms with Crippen molar-refractivity contribution in [3.8, 4) is 5.75 Å². The number of likely N-dealkylation sites (tertiary alicyclic amines) is 1. The van der Waals surface area contributed by atoms with Crippen LogP contribution in [0.25, 0.3) is 21.1 Å². The van der Waals surface area contributed by atoms with E-state index in [0.717, 1.165) is 52.8 Å². The predicted octanol–water partition coefficient (Wildman–Crippen LogP) is 4.30. The van der Waals surface area contributed by atoms with Gasteiger partial charge in [0.25, 0.3) is 5.91 Å². The van der Waals surface area contributed by atoms with Crippen LogP contribution in [0.1, 0.15) is 36.4 Å². The van der Waals surface area contributed by atoms with Crippen molar-refractivity contribution >= 4 is 44.1 Å². The molecular weight excluding hydrogens is 346 g/mol. The zero-order chi connectivity index (χ0) is 18.3. The van der Waals surface area contributed by atoms with Gasteiger partial charge in [-0.15, -0.1) is 11.3 Å². The smallest absolute Gasteiger partial charge is 0.266 e. The van der Waals surface area contributed by atoms with Gasteiger partial charge in [0.05, 0.1) is 17.8 Å². The van der Waals surface area contributed by atoms with Crippen LogP contribution >= 0.6 is 11.3 Å². The van der Waals surface area contributed by atoms with E-state index in [2.05, 4.69) is 6.92 Å². The fraction of sp³-hybridized carbons (Fsp3) is 0.400. The van der Waals surface area contributed by atoms with Gasteiger partial charge in [0.2, 0.25) is 0 Å². The highest BCUT2D eigenvalue weighted by Gasteiger charge is 2.25. The maximum absolute atomic E-state index is 12.9. The van der Waals surface area contributed by atoms with Gasteiger partial charge in [-0.05, 0) is 49.9 Å². The third kappa shape index (κ3) is 2.98. The number of nitrogens with two attached hydrogens (primary N) is 1. The molecule has 2 aromatic heterocycles. The molecule has 1 aliphatic heterocycles. The fourth-order valence-corrected chi connectivity index (χ4v) is 4.50. The maximum Gasteiger partial charge on any atom is 0.266 e. The summed E-state index contributed by atoms with van der Waals surface area (Å²) in [6.07, 6.45) is 2.11. The topological polar surface area (TPSA) is 68.5 Å². The zero-order valence-electron chi connectivity index (χ0n) is 15.1. The highest BCUT2D eigenvalue weighted by Crippen LogP contribution is 2.36. The van der Waals surface area contributed by atoms with Crippen LogP contribution < -0.4 is 10.5 Å². The molecule has 0 spiro atoms. The third-order valence-corrected chi connectivity index (χ3v) is 6.16. The summed E-state index contributed by atoms with van der Waals surface area (Å²) in [5, 5.41) is 1.82. The molecule has 0 saturated carbocycles. The number of nitrogen functional groups attached to an aromatic ring is 1. The Bertz CT molecular complexity index is 974. The van der Waals surface area contributed by atoms with Crippen LogP contribution in [0.3, 0.4) is 0 Å². The molecule has 3 aromatic rings. The van der Waals surface area contributed by atoms with Crippen LogP contribution in [-0.4, -0.2) is 35.5 Å². The Morgan fingerprint density at radius 1 is 1.35 bits per heavy atom. The van der Waals surface area contributed by atoms with E-state index >= 15 is 0 Å². The van der Waals surface area contributed by atoms with E-state index in [1.807, 2.05) is 36.1 Å². The Kier molecular flexibility index (Phi) is 4.44. The van der Waals surface area contributed by atoms with Crippen molar-refractivity contribution < 1.29 is 9.53 Å². The molecule has 2 N–H and O–H groups in total. The van der Waals surface area contributed by atoms with E-state index in [9.17, 15) is 4.79 Å². The van der Waals surface area contributed by atoms with Crippen molar-refractivity contribution in [3.05, 3.63) is 29.1 Å². The first-order valence-electron chi connectivity index (χ1n) is 9.11. The molecule has 0 unspecified atom stereocenters.